The summed E-state index contributed by atoms with van der Waals surface area (Å²) in [6.45, 7) is 6.13. The van der Waals surface area contributed by atoms with Crippen molar-refractivity contribution in [2.75, 3.05) is 33.3 Å². The predicted molar refractivity (Wildman–Crippen MR) is 124 cm³/mol. The van der Waals surface area contributed by atoms with Crippen LogP contribution in [-0.4, -0.2) is 43.8 Å². The quantitative estimate of drug-likeness (QED) is 0.619. The van der Waals surface area contributed by atoms with Crippen LogP contribution >= 0.6 is 0 Å². The second-order valence-corrected chi connectivity index (χ2v) is 8.22. The lowest BCUT2D eigenvalue weighted by Gasteiger charge is -2.23. The van der Waals surface area contributed by atoms with Gasteiger partial charge in [-0.3, -0.25) is 4.79 Å². The Morgan fingerprint density at radius 2 is 1.74 bits per heavy atom. The van der Waals surface area contributed by atoms with Crippen molar-refractivity contribution >= 4 is 5.91 Å². The zero-order chi connectivity index (χ0) is 21.6. The monoisotopic (exact) mass is 418 g/mol. The van der Waals surface area contributed by atoms with Crippen molar-refractivity contribution < 1.29 is 14.4 Å². The van der Waals surface area contributed by atoms with Gasteiger partial charge in [-0.1, -0.05) is 42.5 Å². The number of nitrogens with zero attached hydrogens (tertiary/aromatic N) is 1. The summed E-state index contributed by atoms with van der Waals surface area (Å²) in [7, 11) is 1.68. The lowest BCUT2D eigenvalue weighted by atomic mass is 10.1. The third-order valence-electron chi connectivity index (χ3n) is 6.21. The highest BCUT2D eigenvalue weighted by molar-refractivity contribution is 5.97. The Kier molecular flexibility index (Phi) is 6.73. The second-order valence-electron chi connectivity index (χ2n) is 8.22. The fraction of sp³-hybridized carbons (Fsp3) is 0.346. The first kappa shape index (κ1) is 21.2. The van der Waals surface area contributed by atoms with Gasteiger partial charge in [0, 0.05) is 5.69 Å². The first-order chi connectivity index (χ1) is 15.2. The molecule has 2 heterocycles. The minimum atomic E-state index is -0.0141. The zero-order valence-corrected chi connectivity index (χ0v) is 18.5. The van der Waals surface area contributed by atoms with E-state index in [0.29, 0.717) is 12.1 Å². The molecule has 31 heavy (non-hydrogen) atoms. The summed E-state index contributed by atoms with van der Waals surface area (Å²) >= 11 is 0. The van der Waals surface area contributed by atoms with E-state index in [-0.39, 0.29) is 5.91 Å². The lowest BCUT2D eigenvalue weighted by Crippen LogP contribution is -3.13. The number of carbonyl (C=O) groups is 1. The van der Waals surface area contributed by atoms with E-state index >= 15 is 0 Å². The molecule has 1 aromatic heterocycles. The van der Waals surface area contributed by atoms with Gasteiger partial charge in [-0.2, -0.15) is 0 Å². The van der Waals surface area contributed by atoms with Gasteiger partial charge in [-0.05, 0) is 49.9 Å². The number of quaternary nitrogens is 1. The van der Waals surface area contributed by atoms with Crippen molar-refractivity contribution in [2.45, 2.75) is 26.2 Å². The van der Waals surface area contributed by atoms with Crippen LogP contribution in [0.5, 0.6) is 5.75 Å². The number of carbonyl (C=O) groups excluding carboxylic acids is 1. The maximum atomic E-state index is 13.1. The van der Waals surface area contributed by atoms with Gasteiger partial charge in [-0.25, -0.2) is 0 Å². The van der Waals surface area contributed by atoms with Gasteiger partial charge in [-0.15, -0.1) is 0 Å². The number of likely N-dealkylation sites (tertiary alicyclic amines) is 1. The summed E-state index contributed by atoms with van der Waals surface area (Å²) in [6, 6.07) is 20.1. The fourth-order valence-corrected chi connectivity index (χ4v) is 4.53. The Hall–Kier alpha value is -3.05. The number of hydrogen-bond donors (Lipinski definition) is 2. The lowest BCUT2D eigenvalue weighted by molar-refractivity contribution is -0.903. The van der Waals surface area contributed by atoms with Gasteiger partial charge in [0.2, 0.25) is 0 Å². The minimum absolute atomic E-state index is 0.0141. The molecule has 0 saturated carbocycles. The Labute approximate surface area is 184 Å². The second kappa shape index (κ2) is 9.84. The number of nitrogens with one attached hydrogen (secondary N) is 2. The van der Waals surface area contributed by atoms with Crippen LogP contribution in [0.15, 0.2) is 60.7 Å². The van der Waals surface area contributed by atoms with Gasteiger partial charge < -0.3 is 19.5 Å². The molecular formula is C26H32N3O2+. The van der Waals surface area contributed by atoms with E-state index in [4.69, 9.17) is 4.74 Å². The number of hydrogen-bond acceptors (Lipinski definition) is 2. The number of para-hydroxylation sites is 2. The van der Waals surface area contributed by atoms with Gasteiger partial charge in [0.05, 0.1) is 50.2 Å². The Balaban J connectivity index is 1.64. The topological polar surface area (TPSA) is 47.7 Å². The van der Waals surface area contributed by atoms with E-state index in [9.17, 15) is 4.79 Å². The molecule has 1 amide bonds. The number of ether oxygens (including phenoxy) is 1. The number of methoxy groups -OCH3 is 1. The average molecular weight is 419 g/mol. The fourth-order valence-electron chi connectivity index (χ4n) is 4.53. The predicted octanol–water partition coefficient (Wildman–Crippen LogP) is 3.26. The number of benzene rings is 2. The van der Waals surface area contributed by atoms with Crippen LogP contribution in [0.3, 0.4) is 0 Å². The largest absolute Gasteiger partial charge is 0.495 e. The molecule has 2 N–H and O–H groups in total. The van der Waals surface area contributed by atoms with Crippen molar-refractivity contribution in [3.8, 4) is 22.7 Å². The summed E-state index contributed by atoms with van der Waals surface area (Å²) in [5, 5.41) is 3.15. The molecule has 5 nitrogen and oxygen atoms in total. The van der Waals surface area contributed by atoms with Crippen molar-refractivity contribution in [1.29, 1.82) is 0 Å². The normalized spacial score (nSPS) is 14.4. The van der Waals surface area contributed by atoms with Crippen molar-refractivity contribution in [3.63, 3.8) is 0 Å². The van der Waals surface area contributed by atoms with Gasteiger partial charge in [0.1, 0.15) is 5.75 Å². The molecule has 0 atom stereocenters. The van der Waals surface area contributed by atoms with Crippen LogP contribution < -0.4 is 15.0 Å². The molecule has 0 spiro atoms. The standard InChI is InChI=1S/C26H31N3O2/c1-20-22(26(30)27-15-18-28-16-9-4-10-17-28)19-24(21-11-5-3-6-12-21)29(20)23-13-7-8-14-25(23)31-2/h3,5-8,11-14,19H,4,9-10,15-18H2,1-2H3,(H,27,30)/p+1. The summed E-state index contributed by atoms with van der Waals surface area (Å²) in [4.78, 5) is 14.7. The van der Waals surface area contributed by atoms with E-state index in [1.165, 1.54) is 32.4 Å². The van der Waals surface area contributed by atoms with Gasteiger partial charge >= 0.3 is 0 Å². The summed E-state index contributed by atoms with van der Waals surface area (Å²) in [5.74, 6) is 0.763. The SMILES string of the molecule is COc1ccccc1-n1c(-c2ccccc2)cc(C(=O)NCC[NH+]2CCCCC2)c1C. The molecule has 1 aliphatic rings. The molecule has 1 saturated heterocycles. The highest BCUT2D eigenvalue weighted by Gasteiger charge is 2.21. The highest BCUT2D eigenvalue weighted by Crippen LogP contribution is 2.33. The van der Waals surface area contributed by atoms with Crippen molar-refractivity contribution in [1.82, 2.24) is 9.88 Å². The van der Waals surface area contributed by atoms with E-state index in [1.807, 2.05) is 55.5 Å². The molecular weight excluding hydrogens is 386 g/mol. The summed E-state index contributed by atoms with van der Waals surface area (Å²) in [5.41, 5.74) is 4.59. The third-order valence-corrected chi connectivity index (χ3v) is 6.21. The van der Waals surface area contributed by atoms with Crippen LogP contribution in [0.1, 0.15) is 35.3 Å². The van der Waals surface area contributed by atoms with E-state index in [1.54, 1.807) is 12.0 Å². The molecule has 1 fully saturated rings. The van der Waals surface area contributed by atoms with Gasteiger partial charge in [0.15, 0.2) is 0 Å². The maximum absolute atomic E-state index is 13.1. The van der Waals surface area contributed by atoms with Crippen LogP contribution in [0, 0.1) is 6.92 Å². The summed E-state index contributed by atoms with van der Waals surface area (Å²) in [6.07, 6.45) is 3.93. The Bertz CT molecular complexity index is 1020. The van der Waals surface area contributed by atoms with Crippen LogP contribution in [0.2, 0.25) is 0 Å². The minimum Gasteiger partial charge on any atom is -0.495 e. The van der Waals surface area contributed by atoms with Crippen molar-refractivity contribution in [3.05, 3.63) is 71.9 Å². The van der Waals surface area contributed by atoms with E-state index in [2.05, 4.69) is 22.0 Å². The zero-order valence-electron chi connectivity index (χ0n) is 18.5. The molecule has 1 aliphatic heterocycles. The van der Waals surface area contributed by atoms with Crippen LogP contribution in [0.4, 0.5) is 0 Å². The smallest absolute Gasteiger partial charge is 0.253 e. The molecule has 4 rings (SSSR count). The first-order valence-corrected chi connectivity index (χ1v) is 11.2. The van der Waals surface area contributed by atoms with Gasteiger partial charge in [0.25, 0.3) is 5.91 Å². The summed E-state index contributed by atoms with van der Waals surface area (Å²) < 4.78 is 7.75. The first-order valence-electron chi connectivity index (χ1n) is 11.2. The highest BCUT2D eigenvalue weighted by atomic mass is 16.5. The Morgan fingerprint density at radius 1 is 1.03 bits per heavy atom. The third kappa shape index (κ3) is 4.67. The van der Waals surface area contributed by atoms with E-state index in [0.717, 1.165) is 34.9 Å². The van der Waals surface area contributed by atoms with E-state index < -0.39 is 0 Å². The molecule has 3 aromatic rings. The molecule has 162 valence electrons. The molecule has 0 bridgehead atoms. The number of aromatic nitrogens is 1. The molecule has 0 unspecified atom stereocenters. The van der Waals surface area contributed by atoms with Crippen LogP contribution in [-0.2, 0) is 0 Å². The van der Waals surface area contributed by atoms with Crippen molar-refractivity contribution in [2.24, 2.45) is 0 Å². The molecule has 0 aliphatic carbocycles. The number of amides is 1. The number of rotatable bonds is 7. The molecule has 0 radical (unpaired) electrons. The van der Waals surface area contributed by atoms with Crippen LogP contribution in [0.25, 0.3) is 16.9 Å². The number of piperidine rings is 1. The average Bonchev–Trinajstić information content (AvgIpc) is 3.17. The maximum Gasteiger partial charge on any atom is 0.253 e. The molecule has 5 heteroatoms. The molecule has 2 aromatic carbocycles. The Morgan fingerprint density at radius 3 is 2.48 bits per heavy atom.